The van der Waals surface area contributed by atoms with Crippen molar-refractivity contribution >= 4 is 12.0 Å². The Hall–Kier alpha value is -2.89. The summed E-state index contributed by atoms with van der Waals surface area (Å²) in [4.78, 5) is 15.3. The third kappa shape index (κ3) is 7.56. The minimum Gasteiger partial charge on any atom is -0.507 e. The van der Waals surface area contributed by atoms with Gasteiger partial charge in [-0.25, -0.2) is 0 Å². The molecule has 0 aromatic heterocycles. The Morgan fingerprint density at radius 3 is 2.24 bits per heavy atom. The average molecular weight is 394 g/mol. The predicted molar refractivity (Wildman–Crippen MR) is 119 cm³/mol. The van der Waals surface area contributed by atoms with E-state index < -0.39 is 0 Å². The number of nitrogens with two attached hydrogens (primary N) is 1. The summed E-state index contributed by atoms with van der Waals surface area (Å²) in [5.41, 5.74) is 8.19. The molecule has 0 atom stereocenters. The number of para-hydroxylation sites is 1. The van der Waals surface area contributed by atoms with Crippen molar-refractivity contribution < 1.29 is 9.90 Å². The van der Waals surface area contributed by atoms with Gasteiger partial charge in [0.05, 0.1) is 6.54 Å². The molecule has 2 aromatic carbocycles. The van der Waals surface area contributed by atoms with Gasteiger partial charge in [-0.2, -0.15) is 0 Å². The first-order valence-electron chi connectivity index (χ1n) is 9.84. The summed E-state index contributed by atoms with van der Waals surface area (Å²) in [5.74, 6) is 0.0777. The molecule has 0 radical (unpaired) electrons. The number of phenols is 1. The lowest BCUT2D eigenvalue weighted by molar-refractivity contribution is -0.119. The summed E-state index contributed by atoms with van der Waals surface area (Å²) >= 11 is 0. The molecule has 3 rings (SSSR count). The van der Waals surface area contributed by atoms with Crippen molar-refractivity contribution in [1.29, 1.82) is 0 Å². The number of allylic oxidation sites excluding steroid dienone is 1. The van der Waals surface area contributed by atoms with Crippen LogP contribution in [0.25, 0.3) is 6.08 Å². The second-order valence-electron chi connectivity index (χ2n) is 7.06. The Bertz CT molecular complexity index is 797. The SMILES string of the molecule is C=CCc1cccc(C=C)c1O.NC(=O)CN1CCN(Cc2ccccc2)CC1. The van der Waals surface area contributed by atoms with Gasteiger partial charge in [0.15, 0.2) is 0 Å². The number of phenolic OH excluding ortho intramolecular Hbond substituents is 1. The molecule has 1 heterocycles. The lowest BCUT2D eigenvalue weighted by atomic mass is 10.1. The number of rotatable bonds is 7. The molecule has 1 aliphatic rings. The second-order valence-corrected chi connectivity index (χ2v) is 7.06. The summed E-state index contributed by atoms with van der Waals surface area (Å²) in [6.07, 6.45) is 4.09. The van der Waals surface area contributed by atoms with Crippen LogP contribution < -0.4 is 5.73 Å². The summed E-state index contributed by atoms with van der Waals surface area (Å²) in [6.45, 7) is 12.5. The molecule has 1 aliphatic heterocycles. The summed E-state index contributed by atoms with van der Waals surface area (Å²) in [6, 6.07) is 16.1. The van der Waals surface area contributed by atoms with E-state index in [0.717, 1.165) is 43.9 Å². The molecule has 1 saturated heterocycles. The van der Waals surface area contributed by atoms with Gasteiger partial charge in [0.2, 0.25) is 5.91 Å². The van der Waals surface area contributed by atoms with E-state index in [9.17, 15) is 9.90 Å². The van der Waals surface area contributed by atoms with E-state index >= 15 is 0 Å². The number of nitrogens with zero attached hydrogens (tertiary/aromatic N) is 2. The fraction of sp³-hybridized carbons (Fsp3) is 0.292. The molecule has 0 bridgehead atoms. The number of amides is 1. The van der Waals surface area contributed by atoms with Gasteiger partial charge in [0.1, 0.15) is 5.75 Å². The van der Waals surface area contributed by atoms with E-state index in [4.69, 9.17) is 5.73 Å². The number of aromatic hydroxyl groups is 1. The molecule has 1 amide bonds. The van der Waals surface area contributed by atoms with E-state index in [1.807, 2.05) is 24.3 Å². The van der Waals surface area contributed by atoms with Crippen LogP contribution in [-0.4, -0.2) is 53.5 Å². The Balaban J connectivity index is 0.000000221. The highest BCUT2D eigenvalue weighted by molar-refractivity contribution is 5.75. The van der Waals surface area contributed by atoms with E-state index in [2.05, 4.69) is 47.2 Å². The van der Waals surface area contributed by atoms with Crippen LogP contribution in [0.4, 0.5) is 0 Å². The molecule has 29 heavy (non-hydrogen) atoms. The lowest BCUT2D eigenvalue weighted by Crippen LogP contribution is -2.48. The van der Waals surface area contributed by atoms with Gasteiger partial charge in [0, 0.05) is 38.3 Å². The molecule has 154 valence electrons. The first kappa shape index (κ1) is 22.4. The molecular weight excluding hydrogens is 362 g/mol. The largest absolute Gasteiger partial charge is 0.507 e. The zero-order chi connectivity index (χ0) is 21.1. The molecular formula is C24H31N3O2. The third-order valence-corrected chi connectivity index (χ3v) is 4.83. The third-order valence-electron chi connectivity index (χ3n) is 4.83. The molecule has 0 unspecified atom stereocenters. The van der Waals surface area contributed by atoms with Gasteiger partial charge in [-0.1, -0.05) is 67.3 Å². The number of piperazine rings is 1. The van der Waals surface area contributed by atoms with Crippen molar-refractivity contribution in [3.05, 3.63) is 84.5 Å². The normalized spacial score (nSPS) is 14.5. The van der Waals surface area contributed by atoms with Gasteiger partial charge in [-0.15, -0.1) is 6.58 Å². The first-order chi connectivity index (χ1) is 14.0. The van der Waals surface area contributed by atoms with Gasteiger partial charge in [-0.05, 0) is 17.5 Å². The molecule has 1 fully saturated rings. The van der Waals surface area contributed by atoms with Crippen molar-refractivity contribution in [3.63, 3.8) is 0 Å². The molecule has 3 N–H and O–H groups in total. The molecule has 2 aromatic rings. The van der Waals surface area contributed by atoms with Gasteiger partial charge in [0.25, 0.3) is 0 Å². The van der Waals surface area contributed by atoms with Crippen molar-refractivity contribution in [1.82, 2.24) is 9.80 Å². The zero-order valence-electron chi connectivity index (χ0n) is 17.0. The van der Waals surface area contributed by atoms with Crippen LogP contribution in [0.3, 0.4) is 0 Å². The van der Waals surface area contributed by atoms with Crippen LogP contribution in [0.2, 0.25) is 0 Å². The number of primary amides is 1. The van der Waals surface area contributed by atoms with Gasteiger partial charge >= 0.3 is 0 Å². The number of hydrogen-bond donors (Lipinski definition) is 2. The standard InChI is InChI=1S/C13H19N3O.C11H12O/c14-13(17)11-16-8-6-15(7-9-16)10-12-4-2-1-3-5-12;1-3-6-10-8-5-7-9(4-2)11(10)12/h1-5H,6-11H2,(H2,14,17);3-5,7-8,12H,1-2,6H2. The quantitative estimate of drug-likeness (QED) is 0.710. The number of carbonyl (C=O) groups excluding carboxylic acids is 1. The first-order valence-corrected chi connectivity index (χ1v) is 9.84. The Morgan fingerprint density at radius 2 is 1.66 bits per heavy atom. The van der Waals surface area contributed by atoms with Crippen molar-refractivity contribution in [2.45, 2.75) is 13.0 Å². The van der Waals surface area contributed by atoms with Crippen LogP contribution >= 0.6 is 0 Å². The Labute approximate surface area is 173 Å². The highest BCUT2D eigenvalue weighted by Crippen LogP contribution is 2.23. The summed E-state index contributed by atoms with van der Waals surface area (Å²) in [7, 11) is 0. The topological polar surface area (TPSA) is 69.8 Å². The minimum atomic E-state index is -0.235. The smallest absolute Gasteiger partial charge is 0.231 e. The molecule has 5 nitrogen and oxygen atoms in total. The highest BCUT2D eigenvalue weighted by Gasteiger charge is 2.17. The maximum atomic E-state index is 10.8. The van der Waals surface area contributed by atoms with E-state index in [-0.39, 0.29) is 5.91 Å². The van der Waals surface area contributed by atoms with E-state index in [1.165, 1.54) is 5.56 Å². The molecule has 0 aliphatic carbocycles. The van der Waals surface area contributed by atoms with Gasteiger partial charge in [-0.3, -0.25) is 14.6 Å². The zero-order valence-corrected chi connectivity index (χ0v) is 17.0. The molecule has 0 saturated carbocycles. The highest BCUT2D eigenvalue weighted by atomic mass is 16.3. The van der Waals surface area contributed by atoms with Crippen LogP contribution in [0.5, 0.6) is 5.75 Å². The summed E-state index contributed by atoms with van der Waals surface area (Å²) < 4.78 is 0. The fourth-order valence-corrected chi connectivity index (χ4v) is 3.26. The van der Waals surface area contributed by atoms with Crippen LogP contribution in [0.1, 0.15) is 16.7 Å². The summed E-state index contributed by atoms with van der Waals surface area (Å²) in [5, 5.41) is 9.60. The maximum Gasteiger partial charge on any atom is 0.231 e. The average Bonchev–Trinajstić information content (AvgIpc) is 2.72. The predicted octanol–water partition coefficient (Wildman–Crippen LogP) is 3.05. The number of benzene rings is 2. The lowest BCUT2D eigenvalue weighted by Gasteiger charge is -2.33. The fourth-order valence-electron chi connectivity index (χ4n) is 3.26. The molecule has 5 heteroatoms. The van der Waals surface area contributed by atoms with Crippen molar-refractivity contribution in [2.24, 2.45) is 5.73 Å². The van der Waals surface area contributed by atoms with E-state index in [0.29, 0.717) is 18.7 Å². The Kier molecular flexibility index (Phi) is 9.15. The second kappa shape index (κ2) is 11.8. The van der Waals surface area contributed by atoms with E-state index in [1.54, 1.807) is 12.2 Å². The van der Waals surface area contributed by atoms with Crippen LogP contribution in [0, 0.1) is 0 Å². The van der Waals surface area contributed by atoms with Crippen molar-refractivity contribution in [3.8, 4) is 5.75 Å². The van der Waals surface area contributed by atoms with Crippen LogP contribution in [0.15, 0.2) is 67.8 Å². The maximum absolute atomic E-state index is 10.8. The Morgan fingerprint density at radius 1 is 1.00 bits per heavy atom. The number of hydrogen-bond acceptors (Lipinski definition) is 4. The molecule has 0 spiro atoms. The van der Waals surface area contributed by atoms with Crippen LogP contribution in [-0.2, 0) is 17.8 Å². The minimum absolute atomic E-state index is 0.235. The van der Waals surface area contributed by atoms with Gasteiger partial charge < -0.3 is 10.8 Å². The monoisotopic (exact) mass is 393 g/mol. The number of carbonyl (C=O) groups is 1. The van der Waals surface area contributed by atoms with Crippen molar-refractivity contribution in [2.75, 3.05) is 32.7 Å².